The number of carbonyl (C=O) groups excluding carboxylic acids is 2. The lowest BCUT2D eigenvalue weighted by Crippen LogP contribution is -2.30. The molecule has 2 aromatic rings. The van der Waals surface area contributed by atoms with Gasteiger partial charge in [-0.15, -0.1) is 0 Å². The summed E-state index contributed by atoms with van der Waals surface area (Å²) < 4.78 is 0. The fraction of sp³-hybridized carbons (Fsp3) is 0.222. The van der Waals surface area contributed by atoms with Gasteiger partial charge < -0.3 is 10.2 Å². The summed E-state index contributed by atoms with van der Waals surface area (Å²) in [7, 11) is 0. The number of nitrogens with zero attached hydrogens (tertiary/aromatic N) is 1. The van der Waals surface area contributed by atoms with Gasteiger partial charge in [0.05, 0.1) is 10.0 Å². The molecule has 0 radical (unpaired) electrons. The second kappa shape index (κ2) is 6.83. The highest BCUT2D eigenvalue weighted by molar-refractivity contribution is 6.42. The van der Waals surface area contributed by atoms with Crippen molar-refractivity contribution in [2.24, 2.45) is 0 Å². The van der Waals surface area contributed by atoms with Crippen molar-refractivity contribution in [3.63, 3.8) is 0 Å². The number of hydrogen-bond donors (Lipinski definition) is 1. The molecule has 0 spiro atoms. The maximum absolute atomic E-state index is 12.2. The van der Waals surface area contributed by atoms with E-state index in [1.165, 1.54) is 6.07 Å². The van der Waals surface area contributed by atoms with Crippen LogP contribution in [0.3, 0.4) is 0 Å². The summed E-state index contributed by atoms with van der Waals surface area (Å²) in [4.78, 5) is 25.8. The van der Waals surface area contributed by atoms with Gasteiger partial charge in [-0.05, 0) is 55.3 Å². The molecule has 24 heavy (non-hydrogen) atoms. The van der Waals surface area contributed by atoms with Crippen LogP contribution in [0.4, 0.5) is 11.4 Å². The second-order valence-electron chi connectivity index (χ2n) is 5.75. The van der Waals surface area contributed by atoms with E-state index in [0.29, 0.717) is 27.3 Å². The Balaban J connectivity index is 1.72. The van der Waals surface area contributed by atoms with E-state index in [2.05, 4.69) is 5.32 Å². The van der Waals surface area contributed by atoms with Crippen LogP contribution in [0.5, 0.6) is 0 Å². The molecule has 4 nitrogen and oxygen atoms in total. The van der Waals surface area contributed by atoms with E-state index >= 15 is 0 Å². The molecule has 1 aliphatic carbocycles. The number of anilines is 2. The Labute approximate surface area is 150 Å². The molecule has 0 aromatic heterocycles. The van der Waals surface area contributed by atoms with Crippen molar-refractivity contribution in [1.29, 1.82) is 0 Å². The molecule has 6 heteroatoms. The zero-order valence-corrected chi connectivity index (χ0v) is 14.6. The summed E-state index contributed by atoms with van der Waals surface area (Å²) in [6, 6.07) is 12.3. The number of hydrogen-bond acceptors (Lipinski definition) is 2. The third kappa shape index (κ3) is 3.71. The Bertz CT molecular complexity index is 786. The van der Waals surface area contributed by atoms with E-state index in [4.69, 9.17) is 23.2 Å². The molecule has 1 aliphatic rings. The van der Waals surface area contributed by atoms with Crippen molar-refractivity contribution >= 4 is 46.4 Å². The van der Waals surface area contributed by atoms with E-state index in [1.54, 1.807) is 36.1 Å². The van der Waals surface area contributed by atoms with Gasteiger partial charge in [-0.2, -0.15) is 0 Å². The van der Waals surface area contributed by atoms with Crippen molar-refractivity contribution in [1.82, 2.24) is 0 Å². The lowest BCUT2D eigenvalue weighted by Gasteiger charge is -2.21. The number of halogens is 2. The van der Waals surface area contributed by atoms with E-state index in [-0.39, 0.29) is 11.8 Å². The number of nitrogens with one attached hydrogen (secondary N) is 1. The minimum Gasteiger partial charge on any atom is -0.322 e. The highest BCUT2D eigenvalue weighted by atomic mass is 35.5. The van der Waals surface area contributed by atoms with Gasteiger partial charge >= 0.3 is 0 Å². The predicted molar refractivity (Wildman–Crippen MR) is 97.0 cm³/mol. The van der Waals surface area contributed by atoms with Gasteiger partial charge in [0.15, 0.2) is 0 Å². The average Bonchev–Trinajstić information content (AvgIpc) is 3.36. The lowest BCUT2D eigenvalue weighted by atomic mass is 10.2. The summed E-state index contributed by atoms with van der Waals surface area (Å²) in [5.74, 6) is -0.239. The highest BCUT2D eigenvalue weighted by Gasteiger charge is 2.31. The minimum absolute atomic E-state index is 0.0325. The van der Waals surface area contributed by atoms with Crippen molar-refractivity contribution in [2.45, 2.75) is 25.8 Å². The maximum Gasteiger partial charge on any atom is 0.255 e. The summed E-state index contributed by atoms with van der Waals surface area (Å²) in [6.45, 7) is 1.57. The van der Waals surface area contributed by atoms with E-state index in [9.17, 15) is 9.59 Å². The van der Waals surface area contributed by atoms with Crippen LogP contribution in [0.15, 0.2) is 42.5 Å². The molecule has 1 N–H and O–H groups in total. The molecule has 0 bridgehead atoms. The Morgan fingerprint density at radius 3 is 2.25 bits per heavy atom. The second-order valence-corrected chi connectivity index (χ2v) is 6.56. The number of benzene rings is 2. The molecular weight excluding hydrogens is 347 g/mol. The first-order chi connectivity index (χ1) is 11.5. The first-order valence-electron chi connectivity index (χ1n) is 7.62. The predicted octanol–water partition coefficient (Wildman–Crippen LogP) is 4.76. The van der Waals surface area contributed by atoms with Crippen molar-refractivity contribution in [3.8, 4) is 0 Å². The smallest absolute Gasteiger partial charge is 0.255 e. The molecule has 0 aliphatic heterocycles. The third-order valence-corrected chi connectivity index (χ3v) is 4.58. The van der Waals surface area contributed by atoms with Gasteiger partial charge in [0.1, 0.15) is 0 Å². The Morgan fingerprint density at radius 1 is 1.04 bits per heavy atom. The van der Waals surface area contributed by atoms with Gasteiger partial charge in [0.2, 0.25) is 5.91 Å². The van der Waals surface area contributed by atoms with Crippen LogP contribution in [-0.2, 0) is 4.79 Å². The van der Waals surface area contributed by atoms with Gasteiger partial charge in [-0.3, -0.25) is 9.59 Å². The first-order valence-corrected chi connectivity index (χ1v) is 8.37. The molecule has 3 rings (SSSR count). The summed E-state index contributed by atoms with van der Waals surface area (Å²) in [6.07, 6.45) is 2.07. The largest absolute Gasteiger partial charge is 0.322 e. The Morgan fingerprint density at radius 2 is 1.71 bits per heavy atom. The monoisotopic (exact) mass is 362 g/mol. The fourth-order valence-electron chi connectivity index (χ4n) is 2.53. The molecule has 1 saturated carbocycles. The van der Waals surface area contributed by atoms with Crippen LogP contribution in [0, 0.1) is 0 Å². The van der Waals surface area contributed by atoms with E-state index in [1.807, 2.05) is 12.1 Å². The zero-order valence-electron chi connectivity index (χ0n) is 13.1. The molecular formula is C18H16Cl2N2O2. The van der Waals surface area contributed by atoms with Crippen LogP contribution in [0.1, 0.15) is 30.1 Å². The summed E-state index contributed by atoms with van der Waals surface area (Å²) in [5.41, 5.74) is 1.92. The van der Waals surface area contributed by atoms with Crippen LogP contribution >= 0.6 is 23.2 Å². The highest BCUT2D eigenvalue weighted by Crippen LogP contribution is 2.32. The van der Waals surface area contributed by atoms with Crippen LogP contribution in [0.2, 0.25) is 10.0 Å². The fourth-order valence-corrected chi connectivity index (χ4v) is 2.83. The van der Waals surface area contributed by atoms with E-state index < -0.39 is 0 Å². The molecule has 124 valence electrons. The third-order valence-electron chi connectivity index (χ3n) is 3.84. The Kier molecular flexibility index (Phi) is 4.78. The molecule has 1 fully saturated rings. The van der Waals surface area contributed by atoms with Gasteiger partial charge in [-0.1, -0.05) is 23.2 Å². The van der Waals surface area contributed by atoms with Gasteiger partial charge in [0, 0.05) is 29.9 Å². The van der Waals surface area contributed by atoms with Crippen molar-refractivity contribution < 1.29 is 9.59 Å². The first kappa shape index (κ1) is 16.8. The molecule has 0 atom stereocenters. The van der Waals surface area contributed by atoms with Gasteiger partial charge in [-0.25, -0.2) is 0 Å². The molecule has 0 saturated heterocycles. The molecule has 0 unspecified atom stereocenters. The maximum atomic E-state index is 12.2. The molecule has 2 aromatic carbocycles. The minimum atomic E-state index is -0.271. The summed E-state index contributed by atoms with van der Waals surface area (Å²) >= 11 is 11.8. The summed E-state index contributed by atoms with van der Waals surface area (Å²) in [5, 5.41) is 3.54. The quantitative estimate of drug-likeness (QED) is 0.851. The van der Waals surface area contributed by atoms with Crippen molar-refractivity contribution in [3.05, 3.63) is 58.1 Å². The number of rotatable bonds is 4. The van der Waals surface area contributed by atoms with Crippen LogP contribution in [-0.4, -0.2) is 17.9 Å². The normalized spacial score (nSPS) is 13.5. The van der Waals surface area contributed by atoms with Gasteiger partial charge in [0.25, 0.3) is 5.91 Å². The molecule has 0 heterocycles. The number of carbonyl (C=O) groups is 2. The number of amides is 2. The topological polar surface area (TPSA) is 49.4 Å². The SMILES string of the molecule is CC(=O)N(c1ccc(NC(=O)c2ccc(Cl)c(Cl)c2)cc1)C1CC1. The van der Waals surface area contributed by atoms with Crippen LogP contribution in [0.25, 0.3) is 0 Å². The lowest BCUT2D eigenvalue weighted by molar-refractivity contribution is -0.116. The zero-order chi connectivity index (χ0) is 17.3. The molecule has 2 amide bonds. The van der Waals surface area contributed by atoms with Crippen molar-refractivity contribution in [2.75, 3.05) is 10.2 Å². The Hall–Kier alpha value is -2.04. The van der Waals surface area contributed by atoms with E-state index in [0.717, 1.165) is 18.5 Å². The van der Waals surface area contributed by atoms with Crippen LogP contribution < -0.4 is 10.2 Å². The average molecular weight is 363 g/mol. The standard InChI is InChI=1S/C18H16Cl2N2O2/c1-11(23)22(15-7-8-15)14-5-3-13(4-6-14)21-18(24)12-2-9-16(19)17(20)10-12/h2-6,9-10,15H,7-8H2,1H3,(H,21,24).